The van der Waals surface area contributed by atoms with Crippen LogP contribution in [0.25, 0.3) is 0 Å². The van der Waals surface area contributed by atoms with Crippen molar-refractivity contribution in [3.05, 3.63) is 12.0 Å². The Bertz CT molecular complexity index is 398. The number of carbonyl (C=O) groups is 1. The molecule has 0 amide bonds. The first kappa shape index (κ1) is 14.3. The van der Waals surface area contributed by atoms with Gasteiger partial charge in [-0.25, -0.2) is 0 Å². The molecule has 0 saturated carbocycles. The quantitative estimate of drug-likeness (QED) is 0.563. The van der Waals surface area contributed by atoms with Crippen LogP contribution < -0.4 is 0 Å². The van der Waals surface area contributed by atoms with Crippen molar-refractivity contribution in [1.29, 1.82) is 0 Å². The minimum Gasteiger partial charge on any atom is -0.461 e. The van der Waals surface area contributed by atoms with Crippen molar-refractivity contribution in [2.24, 2.45) is 0 Å². The molecule has 0 unspecified atom stereocenters. The van der Waals surface area contributed by atoms with E-state index in [9.17, 15) is 4.79 Å². The second kappa shape index (κ2) is 4.77. The molecule has 0 spiro atoms. The van der Waals surface area contributed by atoms with Gasteiger partial charge in [0.25, 0.3) is 0 Å². The Morgan fingerprint density at radius 2 is 1.95 bits per heavy atom. The predicted molar refractivity (Wildman–Crippen MR) is 64.8 cm³/mol. The van der Waals surface area contributed by atoms with E-state index < -0.39 is 23.6 Å². The molecular formula is C13H20O6. The molecule has 2 fully saturated rings. The Hall–Kier alpha value is -1.11. The highest BCUT2D eigenvalue weighted by atomic mass is 16.8. The summed E-state index contributed by atoms with van der Waals surface area (Å²) in [6.45, 7) is 8.97. The molecule has 6 heteroatoms. The molecule has 2 aliphatic heterocycles. The molecule has 0 aromatic rings. The zero-order chi connectivity index (χ0) is 14.3. The molecule has 0 aliphatic carbocycles. The topological polar surface area (TPSA) is 63.2 Å². The maximum Gasteiger partial charge on any atom is 0.307 e. The molecule has 19 heavy (non-hydrogen) atoms. The highest BCUT2D eigenvalue weighted by molar-refractivity contribution is 5.66. The molecule has 2 atom stereocenters. The lowest BCUT2D eigenvalue weighted by Gasteiger charge is -2.20. The van der Waals surface area contributed by atoms with Gasteiger partial charge in [0.1, 0.15) is 12.4 Å². The van der Waals surface area contributed by atoms with E-state index in [0.29, 0.717) is 12.4 Å². The van der Waals surface area contributed by atoms with E-state index in [1.165, 1.54) is 13.2 Å². The van der Waals surface area contributed by atoms with Crippen LogP contribution in [0.3, 0.4) is 0 Å². The fraction of sp³-hybridized carbons (Fsp3) is 0.769. The third kappa shape index (κ3) is 3.46. The van der Waals surface area contributed by atoms with Crippen LogP contribution in [0.15, 0.2) is 12.0 Å². The fourth-order valence-electron chi connectivity index (χ4n) is 2.09. The van der Waals surface area contributed by atoms with Crippen LogP contribution in [0.2, 0.25) is 0 Å². The summed E-state index contributed by atoms with van der Waals surface area (Å²) in [4.78, 5) is 10.9. The number of esters is 1. The molecular weight excluding hydrogens is 252 g/mol. The van der Waals surface area contributed by atoms with E-state index in [0.717, 1.165) is 0 Å². The summed E-state index contributed by atoms with van der Waals surface area (Å²) in [7, 11) is 0. The fourth-order valence-corrected chi connectivity index (χ4v) is 2.09. The zero-order valence-corrected chi connectivity index (χ0v) is 11.9. The lowest BCUT2D eigenvalue weighted by Crippen LogP contribution is -2.33. The smallest absolute Gasteiger partial charge is 0.307 e. The Kier molecular flexibility index (Phi) is 3.59. The van der Waals surface area contributed by atoms with Crippen LogP contribution in [-0.2, 0) is 28.5 Å². The zero-order valence-electron chi connectivity index (χ0n) is 11.9. The molecule has 0 aromatic carbocycles. The first-order chi connectivity index (χ1) is 8.69. The summed E-state index contributed by atoms with van der Waals surface area (Å²) in [6, 6.07) is 0. The monoisotopic (exact) mass is 272 g/mol. The first-order valence-electron chi connectivity index (χ1n) is 6.24. The van der Waals surface area contributed by atoms with E-state index in [-0.39, 0.29) is 6.10 Å². The highest BCUT2D eigenvalue weighted by Gasteiger charge is 2.48. The summed E-state index contributed by atoms with van der Waals surface area (Å²) >= 11 is 0. The van der Waals surface area contributed by atoms with E-state index in [1.807, 2.05) is 13.8 Å². The number of hydrogen-bond acceptors (Lipinski definition) is 6. The minimum absolute atomic E-state index is 0.293. The van der Waals surface area contributed by atoms with Gasteiger partial charge in [0.2, 0.25) is 5.79 Å². The van der Waals surface area contributed by atoms with Crippen LogP contribution in [0, 0.1) is 0 Å². The highest BCUT2D eigenvalue weighted by Crippen LogP contribution is 2.37. The summed E-state index contributed by atoms with van der Waals surface area (Å²) in [5, 5.41) is 0. The lowest BCUT2D eigenvalue weighted by atomic mass is 10.2. The molecule has 6 nitrogen and oxygen atoms in total. The van der Waals surface area contributed by atoms with Gasteiger partial charge < -0.3 is 23.7 Å². The first-order valence-corrected chi connectivity index (χ1v) is 6.24. The maximum atomic E-state index is 10.9. The standard InChI is InChI=1S/C13H20O6/c1-8(14)15-6-9-11(19-13(4,5)18-9)10-7-16-12(2,3)17-10/h6,10-11H,7H2,1-5H3/b9-6-/t10-,11-/m1/s1. The second-order valence-electron chi connectivity index (χ2n) is 5.54. The summed E-state index contributed by atoms with van der Waals surface area (Å²) < 4.78 is 27.5. The van der Waals surface area contributed by atoms with Crippen molar-refractivity contribution in [3.8, 4) is 0 Å². The lowest BCUT2D eigenvalue weighted by molar-refractivity contribution is -0.174. The van der Waals surface area contributed by atoms with Gasteiger partial charge in [0.15, 0.2) is 17.7 Å². The molecule has 2 saturated heterocycles. The van der Waals surface area contributed by atoms with Gasteiger partial charge in [-0.05, 0) is 13.8 Å². The molecule has 0 aromatic heterocycles. The number of ether oxygens (including phenoxy) is 5. The van der Waals surface area contributed by atoms with Crippen LogP contribution in [-0.4, -0.2) is 36.4 Å². The van der Waals surface area contributed by atoms with Crippen LogP contribution in [0.5, 0.6) is 0 Å². The van der Waals surface area contributed by atoms with Crippen LogP contribution in [0.4, 0.5) is 0 Å². The predicted octanol–water partition coefficient (Wildman–Crippen LogP) is 1.69. The van der Waals surface area contributed by atoms with Crippen molar-refractivity contribution in [1.82, 2.24) is 0 Å². The third-order valence-corrected chi connectivity index (χ3v) is 2.76. The SMILES string of the molecule is CC(=O)O/C=C1\OC(C)(C)O[C@H]1[C@H]1COC(C)(C)O1. The average molecular weight is 272 g/mol. The van der Waals surface area contributed by atoms with Gasteiger partial charge in [-0.2, -0.15) is 0 Å². The Morgan fingerprint density at radius 1 is 1.26 bits per heavy atom. The van der Waals surface area contributed by atoms with Crippen molar-refractivity contribution < 1.29 is 28.5 Å². The molecule has 0 radical (unpaired) electrons. The van der Waals surface area contributed by atoms with Gasteiger partial charge in [-0.15, -0.1) is 0 Å². The van der Waals surface area contributed by atoms with E-state index in [2.05, 4.69) is 0 Å². The number of rotatable bonds is 2. The molecule has 0 bridgehead atoms. The van der Waals surface area contributed by atoms with Gasteiger partial charge >= 0.3 is 5.97 Å². The largest absolute Gasteiger partial charge is 0.461 e. The number of carbonyl (C=O) groups excluding carboxylic acids is 1. The summed E-state index contributed by atoms with van der Waals surface area (Å²) in [5.41, 5.74) is 0. The van der Waals surface area contributed by atoms with Crippen molar-refractivity contribution in [3.63, 3.8) is 0 Å². The second-order valence-corrected chi connectivity index (χ2v) is 5.54. The van der Waals surface area contributed by atoms with E-state index >= 15 is 0 Å². The van der Waals surface area contributed by atoms with Crippen LogP contribution >= 0.6 is 0 Å². The maximum absolute atomic E-state index is 10.9. The molecule has 2 aliphatic rings. The molecule has 2 rings (SSSR count). The number of hydrogen-bond donors (Lipinski definition) is 0. The van der Waals surface area contributed by atoms with Gasteiger partial charge in [0, 0.05) is 20.8 Å². The Morgan fingerprint density at radius 3 is 2.47 bits per heavy atom. The van der Waals surface area contributed by atoms with Gasteiger partial charge in [-0.1, -0.05) is 0 Å². The molecule has 0 N–H and O–H groups in total. The minimum atomic E-state index is -0.785. The summed E-state index contributed by atoms with van der Waals surface area (Å²) in [6.07, 6.45) is 0.533. The Balaban J connectivity index is 2.12. The third-order valence-electron chi connectivity index (χ3n) is 2.76. The van der Waals surface area contributed by atoms with Gasteiger partial charge in [-0.3, -0.25) is 4.79 Å². The summed E-state index contributed by atoms with van der Waals surface area (Å²) in [5.74, 6) is -1.41. The molecule has 108 valence electrons. The van der Waals surface area contributed by atoms with Crippen LogP contribution in [0.1, 0.15) is 34.6 Å². The van der Waals surface area contributed by atoms with E-state index in [4.69, 9.17) is 23.7 Å². The van der Waals surface area contributed by atoms with Crippen molar-refractivity contribution in [2.45, 2.75) is 58.4 Å². The van der Waals surface area contributed by atoms with Crippen molar-refractivity contribution >= 4 is 5.97 Å². The van der Waals surface area contributed by atoms with Crippen molar-refractivity contribution in [2.75, 3.05) is 6.61 Å². The van der Waals surface area contributed by atoms with Gasteiger partial charge in [0.05, 0.1) is 6.61 Å². The Labute approximate surface area is 112 Å². The molecule has 2 heterocycles. The van der Waals surface area contributed by atoms with E-state index in [1.54, 1.807) is 13.8 Å². The normalized spacial score (nSPS) is 34.3. The average Bonchev–Trinajstić information content (AvgIpc) is 2.75.